The third-order valence-electron chi connectivity index (χ3n) is 2.66. The minimum Gasteiger partial charge on any atom is -0.385 e. The first-order valence-corrected chi connectivity index (χ1v) is 6.13. The molecule has 1 heteroatoms. The second kappa shape index (κ2) is 7.33. The molecule has 0 unspecified atom stereocenters. The van der Waals surface area contributed by atoms with E-state index in [-0.39, 0.29) is 0 Å². The lowest BCUT2D eigenvalue weighted by atomic mass is 10.1. The largest absolute Gasteiger partial charge is 0.385 e. The highest BCUT2D eigenvalue weighted by Gasteiger charge is 1.91. The van der Waals surface area contributed by atoms with E-state index in [4.69, 9.17) is 0 Å². The van der Waals surface area contributed by atoms with Crippen molar-refractivity contribution in [3.05, 3.63) is 29.8 Å². The molecule has 0 aliphatic heterocycles. The molecule has 84 valence electrons. The summed E-state index contributed by atoms with van der Waals surface area (Å²) in [6.45, 7) is 5.48. The number of hydrogen-bond donors (Lipinski definition) is 1. The molecule has 0 saturated heterocycles. The SMILES string of the molecule is CCCCCCCNc1ccc(C)cc1. The molecule has 0 fully saturated rings. The van der Waals surface area contributed by atoms with Crippen LogP contribution < -0.4 is 5.32 Å². The summed E-state index contributed by atoms with van der Waals surface area (Å²) in [5.74, 6) is 0. The molecule has 0 spiro atoms. The van der Waals surface area contributed by atoms with Crippen LogP contribution in [-0.2, 0) is 0 Å². The maximum Gasteiger partial charge on any atom is 0.0340 e. The molecule has 0 amide bonds. The van der Waals surface area contributed by atoms with Gasteiger partial charge in [0.1, 0.15) is 0 Å². The summed E-state index contributed by atoms with van der Waals surface area (Å²) in [6, 6.07) is 8.61. The number of nitrogens with one attached hydrogen (secondary N) is 1. The highest BCUT2D eigenvalue weighted by molar-refractivity contribution is 5.44. The van der Waals surface area contributed by atoms with E-state index in [1.807, 2.05) is 0 Å². The summed E-state index contributed by atoms with van der Waals surface area (Å²) in [4.78, 5) is 0. The molecular weight excluding hydrogens is 182 g/mol. The summed E-state index contributed by atoms with van der Waals surface area (Å²) in [5.41, 5.74) is 2.57. The lowest BCUT2D eigenvalue weighted by Crippen LogP contribution is -2.00. The summed E-state index contributed by atoms with van der Waals surface area (Å²) >= 11 is 0. The lowest BCUT2D eigenvalue weighted by Gasteiger charge is -2.06. The molecule has 1 aromatic carbocycles. The summed E-state index contributed by atoms with van der Waals surface area (Å²) in [7, 11) is 0. The molecule has 1 N–H and O–H groups in total. The third-order valence-corrected chi connectivity index (χ3v) is 2.66. The van der Waals surface area contributed by atoms with Crippen molar-refractivity contribution in [3.63, 3.8) is 0 Å². The zero-order valence-corrected chi connectivity index (χ0v) is 10.1. The van der Waals surface area contributed by atoms with Crippen molar-refractivity contribution in [2.45, 2.75) is 46.0 Å². The van der Waals surface area contributed by atoms with Crippen LogP contribution in [0.5, 0.6) is 0 Å². The van der Waals surface area contributed by atoms with Gasteiger partial charge in [0.15, 0.2) is 0 Å². The Morgan fingerprint density at radius 3 is 2.27 bits per heavy atom. The standard InChI is InChI=1S/C14H23N/c1-3-4-5-6-7-12-15-14-10-8-13(2)9-11-14/h8-11,15H,3-7,12H2,1-2H3. The molecule has 0 aliphatic rings. The lowest BCUT2D eigenvalue weighted by molar-refractivity contribution is 0.645. The fourth-order valence-corrected chi connectivity index (χ4v) is 1.63. The van der Waals surface area contributed by atoms with Gasteiger partial charge in [0.25, 0.3) is 0 Å². The Balaban J connectivity index is 2.07. The van der Waals surface area contributed by atoms with E-state index < -0.39 is 0 Å². The molecular formula is C14H23N. The monoisotopic (exact) mass is 205 g/mol. The summed E-state index contributed by atoms with van der Waals surface area (Å²) in [5, 5.41) is 3.45. The number of rotatable bonds is 7. The van der Waals surface area contributed by atoms with Crippen LogP contribution in [0.1, 0.15) is 44.6 Å². The first kappa shape index (κ1) is 12.1. The molecule has 0 aliphatic carbocycles. The fraction of sp³-hybridized carbons (Fsp3) is 0.571. The van der Waals surface area contributed by atoms with Crippen molar-refractivity contribution in [2.75, 3.05) is 11.9 Å². The van der Waals surface area contributed by atoms with E-state index in [9.17, 15) is 0 Å². The Hall–Kier alpha value is -0.980. The van der Waals surface area contributed by atoms with Crippen molar-refractivity contribution in [2.24, 2.45) is 0 Å². The van der Waals surface area contributed by atoms with Gasteiger partial charge in [-0.2, -0.15) is 0 Å². The minimum atomic E-state index is 1.10. The van der Waals surface area contributed by atoms with E-state index >= 15 is 0 Å². The van der Waals surface area contributed by atoms with Crippen molar-refractivity contribution in [3.8, 4) is 0 Å². The zero-order chi connectivity index (χ0) is 10.9. The number of aryl methyl sites for hydroxylation is 1. The van der Waals surface area contributed by atoms with E-state index in [0.29, 0.717) is 0 Å². The molecule has 1 nitrogen and oxygen atoms in total. The zero-order valence-electron chi connectivity index (χ0n) is 10.1. The van der Waals surface area contributed by atoms with Gasteiger partial charge in [-0.05, 0) is 25.5 Å². The van der Waals surface area contributed by atoms with E-state index in [0.717, 1.165) is 6.54 Å². The normalized spacial score (nSPS) is 10.3. The molecule has 0 aromatic heterocycles. The van der Waals surface area contributed by atoms with Crippen LogP contribution in [0.4, 0.5) is 5.69 Å². The van der Waals surface area contributed by atoms with Crippen LogP contribution in [0.15, 0.2) is 24.3 Å². The number of anilines is 1. The molecule has 1 rings (SSSR count). The van der Waals surface area contributed by atoms with Crippen molar-refractivity contribution >= 4 is 5.69 Å². The summed E-state index contributed by atoms with van der Waals surface area (Å²) < 4.78 is 0. The van der Waals surface area contributed by atoms with Crippen molar-refractivity contribution in [1.82, 2.24) is 0 Å². The highest BCUT2D eigenvalue weighted by atomic mass is 14.9. The highest BCUT2D eigenvalue weighted by Crippen LogP contribution is 2.09. The predicted octanol–water partition coefficient (Wildman–Crippen LogP) is 4.38. The van der Waals surface area contributed by atoms with E-state index in [2.05, 4.69) is 43.4 Å². The number of benzene rings is 1. The second-order valence-electron chi connectivity index (χ2n) is 4.21. The van der Waals surface area contributed by atoms with Gasteiger partial charge in [-0.1, -0.05) is 50.3 Å². The average Bonchev–Trinajstić information content (AvgIpc) is 2.26. The third kappa shape index (κ3) is 5.46. The Kier molecular flexibility index (Phi) is 5.91. The maximum absolute atomic E-state index is 3.45. The van der Waals surface area contributed by atoms with Gasteiger partial charge < -0.3 is 5.32 Å². The molecule has 1 aromatic rings. The quantitative estimate of drug-likeness (QED) is 0.651. The van der Waals surface area contributed by atoms with Gasteiger partial charge in [0, 0.05) is 12.2 Å². The second-order valence-corrected chi connectivity index (χ2v) is 4.21. The fourth-order valence-electron chi connectivity index (χ4n) is 1.63. The molecule has 0 heterocycles. The van der Waals surface area contributed by atoms with Gasteiger partial charge >= 0.3 is 0 Å². The van der Waals surface area contributed by atoms with Crippen molar-refractivity contribution < 1.29 is 0 Å². The Morgan fingerprint density at radius 1 is 0.933 bits per heavy atom. The van der Waals surface area contributed by atoms with Crippen LogP contribution in [0.2, 0.25) is 0 Å². The van der Waals surface area contributed by atoms with Crippen LogP contribution >= 0.6 is 0 Å². The predicted molar refractivity (Wildman–Crippen MR) is 68.4 cm³/mol. The van der Waals surface area contributed by atoms with Gasteiger partial charge in [-0.3, -0.25) is 0 Å². The summed E-state index contributed by atoms with van der Waals surface area (Å²) in [6.07, 6.45) is 6.72. The van der Waals surface area contributed by atoms with Gasteiger partial charge in [-0.15, -0.1) is 0 Å². The molecule has 0 bridgehead atoms. The van der Waals surface area contributed by atoms with Crippen LogP contribution in [-0.4, -0.2) is 6.54 Å². The minimum absolute atomic E-state index is 1.10. The first-order valence-electron chi connectivity index (χ1n) is 6.13. The first-order chi connectivity index (χ1) is 7.33. The van der Waals surface area contributed by atoms with Crippen molar-refractivity contribution in [1.29, 1.82) is 0 Å². The maximum atomic E-state index is 3.45. The Labute approximate surface area is 93.9 Å². The molecule has 0 radical (unpaired) electrons. The number of unbranched alkanes of at least 4 members (excludes halogenated alkanes) is 4. The van der Waals surface area contributed by atoms with E-state index in [1.165, 1.54) is 43.4 Å². The Morgan fingerprint density at radius 2 is 1.60 bits per heavy atom. The Bertz CT molecular complexity index is 251. The van der Waals surface area contributed by atoms with Gasteiger partial charge in [0.05, 0.1) is 0 Å². The smallest absolute Gasteiger partial charge is 0.0340 e. The van der Waals surface area contributed by atoms with Gasteiger partial charge in [0.2, 0.25) is 0 Å². The van der Waals surface area contributed by atoms with Crippen LogP contribution in [0, 0.1) is 6.92 Å². The number of hydrogen-bond acceptors (Lipinski definition) is 1. The molecule has 15 heavy (non-hydrogen) atoms. The molecule has 0 atom stereocenters. The van der Waals surface area contributed by atoms with Gasteiger partial charge in [-0.25, -0.2) is 0 Å². The van der Waals surface area contributed by atoms with E-state index in [1.54, 1.807) is 0 Å². The van der Waals surface area contributed by atoms with Crippen LogP contribution in [0.3, 0.4) is 0 Å². The van der Waals surface area contributed by atoms with Crippen LogP contribution in [0.25, 0.3) is 0 Å². The average molecular weight is 205 g/mol. The molecule has 0 saturated carbocycles. The topological polar surface area (TPSA) is 12.0 Å².